The van der Waals surface area contributed by atoms with E-state index in [4.69, 9.17) is 0 Å². The van der Waals surface area contributed by atoms with Crippen LogP contribution in [0.5, 0.6) is 0 Å². The third-order valence-corrected chi connectivity index (χ3v) is 1.68. The Bertz CT molecular complexity index is 375. The lowest BCUT2D eigenvalue weighted by Gasteiger charge is -2.16. The van der Waals surface area contributed by atoms with Gasteiger partial charge in [-0.1, -0.05) is 0 Å². The second-order valence-corrected chi connectivity index (χ2v) is 3.12. The average Bonchev–Trinajstić information content (AvgIpc) is 2.41. The molecule has 0 aliphatic heterocycles. The third kappa shape index (κ3) is 7.27. The molecule has 0 atom stereocenters. The minimum atomic E-state index is -0.833. The molecule has 0 fully saturated rings. The van der Waals surface area contributed by atoms with Crippen LogP contribution < -0.4 is 0 Å². The summed E-state index contributed by atoms with van der Waals surface area (Å²) in [5.41, 5.74) is 0. The maximum atomic E-state index is 11.2. The van der Waals surface area contributed by atoms with Gasteiger partial charge in [-0.15, -0.1) is 0 Å². The van der Waals surface area contributed by atoms with Crippen molar-refractivity contribution in [2.45, 2.75) is 0 Å². The monoisotopic (exact) mass is 272 g/mol. The first kappa shape index (κ1) is 16.3. The number of nitrogens with zero attached hydrogens (tertiary/aromatic N) is 4. The molecular weight excluding hydrogens is 260 g/mol. The van der Waals surface area contributed by atoms with E-state index in [1.807, 2.05) is 0 Å². The molecule has 19 heavy (non-hydrogen) atoms. The number of carbonyl (C=O) groups is 2. The summed E-state index contributed by atoms with van der Waals surface area (Å²) in [6, 6.07) is 0. The van der Waals surface area contributed by atoms with Crippen molar-refractivity contribution in [3.8, 4) is 0 Å². The van der Waals surface area contributed by atoms with Gasteiger partial charge in [-0.05, 0) is 0 Å². The molecule has 10 heteroatoms. The molecule has 0 heterocycles. The minimum absolute atomic E-state index is 0.218. The number of aliphatic imine (C=N–C) groups is 2. The van der Waals surface area contributed by atoms with E-state index < -0.39 is 19.0 Å². The van der Waals surface area contributed by atoms with E-state index in [1.54, 1.807) is 0 Å². The molecule has 0 spiro atoms. The van der Waals surface area contributed by atoms with Gasteiger partial charge < -0.3 is 9.47 Å². The summed E-state index contributed by atoms with van der Waals surface area (Å²) in [7, 11) is 2.66. The van der Waals surface area contributed by atoms with E-state index in [0.717, 1.165) is 9.80 Å². The molecule has 0 unspecified atom stereocenters. The van der Waals surface area contributed by atoms with Crippen LogP contribution in [0.25, 0.3) is 0 Å². The molecule has 0 aliphatic carbocycles. The summed E-state index contributed by atoms with van der Waals surface area (Å²) in [6.45, 7) is -1.06. The summed E-state index contributed by atoms with van der Waals surface area (Å²) in [5.74, 6) is 0. The van der Waals surface area contributed by atoms with E-state index in [1.165, 1.54) is 26.3 Å². The van der Waals surface area contributed by atoms with Crippen LogP contribution in [0.1, 0.15) is 0 Å². The predicted molar refractivity (Wildman–Crippen MR) is 59.3 cm³/mol. The van der Waals surface area contributed by atoms with E-state index >= 15 is 0 Å². The molecule has 2 amide bonds. The molecule has 0 rings (SSSR count). The predicted octanol–water partition coefficient (Wildman–Crippen LogP) is -0.333. The van der Waals surface area contributed by atoms with Crippen LogP contribution in [0.2, 0.25) is 0 Å². The van der Waals surface area contributed by atoms with Gasteiger partial charge in [-0.25, -0.2) is 19.2 Å². The van der Waals surface area contributed by atoms with Crippen LogP contribution in [0.4, 0.5) is 9.59 Å². The van der Waals surface area contributed by atoms with E-state index in [9.17, 15) is 19.2 Å². The zero-order valence-electron chi connectivity index (χ0n) is 10.4. The number of isocyanates is 2. The number of rotatable bonds is 6. The van der Waals surface area contributed by atoms with Crippen molar-refractivity contribution in [2.24, 2.45) is 9.98 Å². The van der Waals surface area contributed by atoms with Gasteiger partial charge in [-0.3, -0.25) is 9.80 Å². The van der Waals surface area contributed by atoms with E-state index in [-0.39, 0.29) is 13.3 Å². The van der Waals surface area contributed by atoms with Gasteiger partial charge in [0.2, 0.25) is 19.0 Å². The van der Waals surface area contributed by atoms with Crippen molar-refractivity contribution in [2.75, 3.05) is 34.2 Å². The van der Waals surface area contributed by atoms with Crippen LogP contribution in [0, 0.1) is 0 Å². The molecule has 10 nitrogen and oxygen atoms in total. The van der Waals surface area contributed by atoms with Gasteiger partial charge in [-0.2, -0.15) is 9.98 Å². The first-order valence-electron chi connectivity index (χ1n) is 4.86. The van der Waals surface area contributed by atoms with Crippen LogP contribution in [-0.4, -0.2) is 68.4 Å². The van der Waals surface area contributed by atoms with Crippen molar-refractivity contribution in [3.63, 3.8) is 0 Å². The maximum Gasteiger partial charge on any atom is 0.413 e. The highest BCUT2D eigenvalue weighted by molar-refractivity contribution is 5.69. The zero-order valence-corrected chi connectivity index (χ0v) is 10.4. The van der Waals surface area contributed by atoms with Crippen LogP contribution in [-0.2, 0) is 19.1 Å². The number of carbonyl (C=O) groups excluding carboxylic acids is 4. The standard InChI is InChI=1S/C9H12N4O6/c1-12(3-10-5-14)8(16)18-7-19-9(17)13(2)4-11-6-15/h3-4,7H2,1-2H3. The second kappa shape index (κ2) is 9.34. The Labute approximate surface area is 108 Å². The Morgan fingerprint density at radius 3 is 1.63 bits per heavy atom. The Kier molecular flexibility index (Phi) is 8.01. The second-order valence-electron chi connectivity index (χ2n) is 3.12. The van der Waals surface area contributed by atoms with Gasteiger partial charge in [0.1, 0.15) is 13.3 Å². The van der Waals surface area contributed by atoms with Crippen LogP contribution in [0.15, 0.2) is 9.98 Å². The number of amides is 2. The summed E-state index contributed by atoms with van der Waals surface area (Å²) in [6.07, 6.45) is 0.842. The first-order chi connectivity index (χ1) is 9.02. The SMILES string of the molecule is CN(CN=C=O)C(=O)OCOC(=O)N(C)CN=C=O. The van der Waals surface area contributed by atoms with Gasteiger partial charge in [0.05, 0.1) is 0 Å². The van der Waals surface area contributed by atoms with Gasteiger partial charge >= 0.3 is 12.2 Å². The quantitative estimate of drug-likeness (QED) is 0.371. The molecule has 0 aromatic heterocycles. The first-order valence-corrected chi connectivity index (χ1v) is 4.86. The van der Waals surface area contributed by atoms with Crippen molar-refractivity contribution >= 4 is 24.3 Å². The Balaban J connectivity index is 3.95. The van der Waals surface area contributed by atoms with Gasteiger partial charge in [0.25, 0.3) is 0 Å². The Morgan fingerprint density at radius 1 is 0.947 bits per heavy atom. The van der Waals surface area contributed by atoms with Crippen molar-refractivity contribution in [1.29, 1.82) is 0 Å². The lowest BCUT2D eigenvalue weighted by molar-refractivity contribution is 0.0000883. The molecule has 0 saturated carbocycles. The highest BCUT2D eigenvalue weighted by Gasteiger charge is 2.12. The summed E-state index contributed by atoms with van der Waals surface area (Å²) >= 11 is 0. The summed E-state index contributed by atoms with van der Waals surface area (Å²) in [4.78, 5) is 50.3. The fourth-order valence-electron chi connectivity index (χ4n) is 0.736. The highest BCUT2D eigenvalue weighted by Crippen LogP contribution is 1.94. The van der Waals surface area contributed by atoms with E-state index in [0.29, 0.717) is 0 Å². The fraction of sp³-hybridized carbons (Fsp3) is 0.556. The molecule has 0 saturated heterocycles. The molecule has 0 N–H and O–H groups in total. The number of hydrogen-bond donors (Lipinski definition) is 0. The molecule has 0 bridgehead atoms. The van der Waals surface area contributed by atoms with Crippen LogP contribution >= 0.6 is 0 Å². The van der Waals surface area contributed by atoms with Gasteiger partial charge in [0, 0.05) is 14.1 Å². The summed E-state index contributed by atoms with van der Waals surface area (Å²) < 4.78 is 9.09. The van der Waals surface area contributed by atoms with Crippen molar-refractivity contribution in [3.05, 3.63) is 0 Å². The smallest absolute Gasteiger partial charge is 0.411 e. The molecular formula is C9H12N4O6. The lowest BCUT2D eigenvalue weighted by Crippen LogP contribution is -2.31. The topological polar surface area (TPSA) is 118 Å². The van der Waals surface area contributed by atoms with E-state index in [2.05, 4.69) is 19.5 Å². The van der Waals surface area contributed by atoms with Crippen molar-refractivity contribution in [1.82, 2.24) is 9.80 Å². The fourth-order valence-corrected chi connectivity index (χ4v) is 0.736. The summed E-state index contributed by atoms with van der Waals surface area (Å²) in [5, 5.41) is 0. The van der Waals surface area contributed by atoms with Crippen LogP contribution in [0.3, 0.4) is 0 Å². The normalized spacial score (nSPS) is 8.53. The molecule has 0 aliphatic rings. The number of ether oxygens (including phenoxy) is 2. The molecule has 104 valence electrons. The highest BCUT2D eigenvalue weighted by atomic mass is 16.7. The Hall–Kier alpha value is -2.70. The average molecular weight is 272 g/mol. The maximum absolute atomic E-state index is 11.2. The lowest BCUT2D eigenvalue weighted by atomic mass is 10.8. The zero-order chi connectivity index (χ0) is 14.7. The molecule has 0 radical (unpaired) electrons. The Morgan fingerprint density at radius 2 is 1.32 bits per heavy atom. The number of hydrogen-bond acceptors (Lipinski definition) is 8. The molecule has 0 aromatic carbocycles. The van der Waals surface area contributed by atoms with Gasteiger partial charge in [0.15, 0.2) is 0 Å². The minimum Gasteiger partial charge on any atom is -0.411 e. The largest absolute Gasteiger partial charge is 0.413 e. The molecule has 0 aromatic rings. The van der Waals surface area contributed by atoms with Crippen molar-refractivity contribution < 1.29 is 28.7 Å². The third-order valence-electron chi connectivity index (χ3n) is 1.68.